The average molecular weight is 466 g/mol. The predicted molar refractivity (Wildman–Crippen MR) is 119 cm³/mol. The van der Waals surface area contributed by atoms with Gasteiger partial charge < -0.3 is 14.5 Å². The van der Waals surface area contributed by atoms with E-state index in [1.807, 2.05) is 29.2 Å². The summed E-state index contributed by atoms with van der Waals surface area (Å²) in [6.07, 6.45) is 1.70. The molecule has 1 fully saturated rings. The van der Waals surface area contributed by atoms with Crippen LogP contribution in [-0.2, 0) is 6.73 Å². The Hall–Kier alpha value is -2.41. The summed E-state index contributed by atoms with van der Waals surface area (Å²) in [5.41, 5.74) is 1.48. The van der Waals surface area contributed by atoms with Crippen molar-refractivity contribution in [3.05, 3.63) is 75.5 Å². The Labute approximate surface area is 189 Å². The van der Waals surface area contributed by atoms with Gasteiger partial charge in [0.1, 0.15) is 0 Å². The van der Waals surface area contributed by atoms with Crippen LogP contribution >= 0.6 is 34.8 Å². The van der Waals surface area contributed by atoms with E-state index in [2.05, 4.69) is 10.00 Å². The van der Waals surface area contributed by atoms with Crippen molar-refractivity contribution >= 4 is 46.4 Å². The fourth-order valence-corrected chi connectivity index (χ4v) is 3.91. The van der Waals surface area contributed by atoms with Crippen molar-refractivity contribution in [2.75, 3.05) is 31.1 Å². The molecular weight excluding hydrogens is 447 g/mol. The summed E-state index contributed by atoms with van der Waals surface area (Å²) in [5.74, 6) is 0.294. The zero-order valence-corrected chi connectivity index (χ0v) is 18.2. The molecule has 4 rings (SSSR count). The van der Waals surface area contributed by atoms with Crippen LogP contribution in [0.3, 0.4) is 0 Å². The van der Waals surface area contributed by atoms with Gasteiger partial charge in [-0.2, -0.15) is 5.10 Å². The van der Waals surface area contributed by atoms with Gasteiger partial charge in [0.05, 0.1) is 10.0 Å². The molecule has 0 saturated carbocycles. The molecule has 9 heteroatoms. The van der Waals surface area contributed by atoms with E-state index in [0.717, 1.165) is 18.8 Å². The minimum Gasteiger partial charge on any atom is -0.468 e. The number of halogens is 3. The second-order valence-corrected chi connectivity index (χ2v) is 8.07. The number of para-hydroxylation sites is 1. The van der Waals surface area contributed by atoms with Crippen molar-refractivity contribution in [2.45, 2.75) is 6.73 Å². The van der Waals surface area contributed by atoms with E-state index in [1.165, 1.54) is 4.68 Å². The van der Waals surface area contributed by atoms with Gasteiger partial charge in [-0.3, -0.25) is 4.79 Å². The van der Waals surface area contributed by atoms with Gasteiger partial charge in [0.25, 0.3) is 5.91 Å². The zero-order chi connectivity index (χ0) is 21.1. The summed E-state index contributed by atoms with van der Waals surface area (Å²) in [4.78, 5) is 16.9. The van der Waals surface area contributed by atoms with Crippen molar-refractivity contribution < 1.29 is 9.53 Å². The summed E-state index contributed by atoms with van der Waals surface area (Å²) in [6, 6.07) is 14.6. The van der Waals surface area contributed by atoms with Crippen LogP contribution in [0.4, 0.5) is 5.69 Å². The van der Waals surface area contributed by atoms with Crippen LogP contribution in [0.5, 0.6) is 5.75 Å². The first-order valence-electron chi connectivity index (χ1n) is 9.41. The minimum atomic E-state index is -0.0970. The van der Waals surface area contributed by atoms with Gasteiger partial charge in [-0.1, -0.05) is 40.9 Å². The van der Waals surface area contributed by atoms with Gasteiger partial charge in [-0.15, -0.1) is 0 Å². The van der Waals surface area contributed by atoms with E-state index in [9.17, 15) is 4.79 Å². The number of aromatic nitrogens is 2. The molecule has 2 aromatic carbocycles. The number of carbonyl (C=O) groups excluding carboxylic acids is 1. The fraction of sp³-hybridized carbons (Fsp3) is 0.238. The fourth-order valence-electron chi connectivity index (χ4n) is 3.28. The van der Waals surface area contributed by atoms with Crippen molar-refractivity contribution in [3.63, 3.8) is 0 Å². The highest BCUT2D eigenvalue weighted by atomic mass is 35.5. The quantitative estimate of drug-likeness (QED) is 0.541. The molecule has 1 aliphatic heterocycles. The maximum atomic E-state index is 12.8. The Kier molecular flexibility index (Phi) is 6.37. The van der Waals surface area contributed by atoms with Gasteiger partial charge in [0, 0.05) is 43.1 Å². The zero-order valence-electron chi connectivity index (χ0n) is 16.0. The molecule has 0 spiro atoms. The van der Waals surface area contributed by atoms with E-state index in [4.69, 9.17) is 39.5 Å². The molecule has 2 heterocycles. The van der Waals surface area contributed by atoms with Gasteiger partial charge >= 0.3 is 0 Å². The van der Waals surface area contributed by atoms with E-state index >= 15 is 0 Å². The Morgan fingerprint density at radius 2 is 1.60 bits per heavy atom. The molecule has 1 aromatic heterocycles. The number of carbonyl (C=O) groups is 1. The molecule has 1 amide bonds. The number of amides is 1. The highest BCUT2D eigenvalue weighted by Crippen LogP contribution is 2.32. The molecule has 1 aliphatic rings. The average Bonchev–Trinajstić information content (AvgIpc) is 3.23. The number of rotatable bonds is 5. The summed E-state index contributed by atoms with van der Waals surface area (Å²) < 4.78 is 7.20. The van der Waals surface area contributed by atoms with Crippen LogP contribution in [0, 0.1) is 0 Å². The topological polar surface area (TPSA) is 50.6 Å². The number of ether oxygens (including phenoxy) is 1. The summed E-state index contributed by atoms with van der Waals surface area (Å²) in [5, 5.41) is 5.89. The third kappa shape index (κ3) is 4.67. The Morgan fingerprint density at radius 1 is 0.933 bits per heavy atom. The van der Waals surface area contributed by atoms with E-state index in [1.54, 1.807) is 30.5 Å². The maximum absolute atomic E-state index is 12.8. The maximum Gasteiger partial charge on any atom is 0.274 e. The van der Waals surface area contributed by atoms with E-state index in [0.29, 0.717) is 39.6 Å². The molecule has 0 bridgehead atoms. The van der Waals surface area contributed by atoms with Crippen LogP contribution in [0.1, 0.15) is 10.5 Å². The van der Waals surface area contributed by atoms with Gasteiger partial charge in [0.2, 0.25) is 0 Å². The van der Waals surface area contributed by atoms with Crippen LogP contribution in [0.15, 0.2) is 54.7 Å². The predicted octanol–water partition coefficient (Wildman–Crippen LogP) is 4.84. The first-order chi connectivity index (χ1) is 14.5. The van der Waals surface area contributed by atoms with E-state index < -0.39 is 0 Å². The molecule has 0 radical (unpaired) electrons. The van der Waals surface area contributed by atoms with Crippen LogP contribution in [0.25, 0.3) is 0 Å². The SMILES string of the molecule is O=C(c1ccn(COc2c(Cl)cccc2Cl)n1)N1CCN(c2ccc(Cl)cc2)CC1. The van der Waals surface area contributed by atoms with E-state index in [-0.39, 0.29) is 12.6 Å². The molecule has 1 saturated heterocycles. The Morgan fingerprint density at radius 3 is 2.27 bits per heavy atom. The second kappa shape index (κ2) is 9.16. The number of hydrogen-bond donors (Lipinski definition) is 0. The molecule has 0 unspecified atom stereocenters. The smallest absolute Gasteiger partial charge is 0.274 e. The molecule has 0 N–H and O–H groups in total. The molecule has 0 aliphatic carbocycles. The largest absolute Gasteiger partial charge is 0.468 e. The molecule has 0 atom stereocenters. The first kappa shape index (κ1) is 20.8. The van der Waals surface area contributed by atoms with Crippen LogP contribution in [-0.4, -0.2) is 46.8 Å². The monoisotopic (exact) mass is 464 g/mol. The number of anilines is 1. The molecule has 30 heavy (non-hydrogen) atoms. The van der Waals surface area contributed by atoms with Crippen molar-refractivity contribution in [2.24, 2.45) is 0 Å². The number of nitrogens with zero attached hydrogens (tertiary/aromatic N) is 4. The second-order valence-electron chi connectivity index (χ2n) is 6.82. The van der Waals surface area contributed by atoms with Gasteiger partial charge in [-0.05, 0) is 42.5 Å². The Bertz CT molecular complexity index is 1010. The summed E-state index contributed by atoms with van der Waals surface area (Å²) in [7, 11) is 0. The first-order valence-corrected chi connectivity index (χ1v) is 10.5. The lowest BCUT2D eigenvalue weighted by molar-refractivity contribution is 0.0738. The molecule has 156 valence electrons. The van der Waals surface area contributed by atoms with Crippen LogP contribution < -0.4 is 9.64 Å². The normalized spacial score (nSPS) is 14.1. The number of benzene rings is 2. The summed E-state index contributed by atoms with van der Waals surface area (Å²) >= 11 is 18.2. The number of piperazine rings is 1. The molecular formula is C21H19Cl3N4O2. The third-order valence-corrected chi connectivity index (χ3v) is 5.73. The minimum absolute atomic E-state index is 0.0970. The Balaban J connectivity index is 1.34. The highest BCUT2D eigenvalue weighted by Gasteiger charge is 2.24. The van der Waals surface area contributed by atoms with Gasteiger partial charge in [-0.25, -0.2) is 4.68 Å². The lowest BCUT2D eigenvalue weighted by Gasteiger charge is -2.35. The lowest BCUT2D eigenvalue weighted by atomic mass is 10.2. The summed E-state index contributed by atoms with van der Waals surface area (Å²) in [6.45, 7) is 2.85. The van der Waals surface area contributed by atoms with Crippen LogP contribution in [0.2, 0.25) is 15.1 Å². The van der Waals surface area contributed by atoms with Crippen molar-refractivity contribution in [3.8, 4) is 5.75 Å². The lowest BCUT2D eigenvalue weighted by Crippen LogP contribution is -2.48. The van der Waals surface area contributed by atoms with Gasteiger partial charge in [0.15, 0.2) is 18.2 Å². The highest BCUT2D eigenvalue weighted by molar-refractivity contribution is 6.37. The van der Waals surface area contributed by atoms with Crippen molar-refractivity contribution in [1.29, 1.82) is 0 Å². The standard InChI is InChI=1S/C21H19Cl3N4O2/c22-15-4-6-16(7-5-15)26-10-12-27(13-11-26)21(29)19-8-9-28(25-19)14-30-20-17(23)2-1-3-18(20)24/h1-9H,10-14H2. The number of hydrogen-bond acceptors (Lipinski definition) is 4. The molecule has 6 nitrogen and oxygen atoms in total. The third-order valence-electron chi connectivity index (χ3n) is 4.88. The van der Waals surface area contributed by atoms with Crippen molar-refractivity contribution in [1.82, 2.24) is 14.7 Å². The molecule has 3 aromatic rings.